The lowest BCUT2D eigenvalue weighted by molar-refractivity contribution is 0.0955. The smallest absolute Gasteiger partial charge is 0.267 e. The van der Waals surface area contributed by atoms with E-state index in [0.29, 0.717) is 5.69 Å². The van der Waals surface area contributed by atoms with E-state index in [1.807, 2.05) is 30.3 Å². The molecule has 3 aromatic rings. The summed E-state index contributed by atoms with van der Waals surface area (Å²) < 4.78 is 39.3. The number of hydrogen-bond acceptors (Lipinski definition) is 4. The fraction of sp³-hybridized carbons (Fsp3) is 0.0909. The molecular weight excluding hydrogens is 405 g/mol. The summed E-state index contributed by atoms with van der Waals surface area (Å²) in [5.41, 5.74) is 4.14. The fourth-order valence-corrected chi connectivity index (χ4v) is 3.62. The maximum Gasteiger partial charge on any atom is 0.271 e. The van der Waals surface area contributed by atoms with E-state index in [-0.39, 0.29) is 17.7 Å². The fourth-order valence-electron chi connectivity index (χ4n) is 2.73. The predicted octanol–water partition coefficient (Wildman–Crippen LogP) is 3.56. The number of amides is 1. The van der Waals surface area contributed by atoms with E-state index < -0.39 is 21.7 Å². The molecule has 0 radical (unpaired) electrons. The zero-order chi connectivity index (χ0) is 21.6. The minimum atomic E-state index is -3.52. The Hall–Kier alpha value is -3.52. The summed E-state index contributed by atoms with van der Waals surface area (Å²) in [7, 11) is -3.52. The monoisotopic (exact) mass is 425 g/mol. The number of hydrazone groups is 1. The second-order valence-corrected chi connectivity index (χ2v) is 8.43. The molecule has 0 fully saturated rings. The van der Waals surface area contributed by atoms with Crippen molar-refractivity contribution in [1.82, 2.24) is 5.43 Å². The van der Waals surface area contributed by atoms with Crippen molar-refractivity contribution in [2.24, 2.45) is 5.10 Å². The summed E-state index contributed by atoms with van der Waals surface area (Å²) in [5, 5.41) is 3.76. The molecule has 0 heterocycles. The van der Waals surface area contributed by atoms with Crippen LogP contribution in [0.2, 0.25) is 0 Å². The Morgan fingerprint density at radius 3 is 2.27 bits per heavy atom. The summed E-state index contributed by atoms with van der Waals surface area (Å²) in [4.78, 5) is 12.2. The third kappa shape index (κ3) is 5.51. The Morgan fingerprint density at radius 1 is 1.00 bits per heavy atom. The van der Waals surface area contributed by atoms with Gasteiger partial charge in [-0.1, -0.05) is 48.5 Å². The van der Waals surface area contributed by atoms with Gasteiger partial charge in [0.1, 0.15) is 5.82 Å². The van der Waals surface area contributed by atoms with Crippen LogP contribution in [0, 0.1) is 5.82 Å². The van der Waals surface area contributed by atoms with E-state index in [9.17, 15) is 17.6 Å². The molecule has 154 valence electrons. The molecule has 0 atom stereocenters. The number of benzene rings is 3. The molecule has 0 spiro atoms. The minimum Gasteiger partial charge on any atom is -0.267 e. The SMILES string of the molecule is CS(=O)(=O)N(Cc1ccccc1)c1ccc(C(=O)NN=Cc2ccccc2F)cc1. The molecule has 0 unspecified atom stereocenters. The van der Waals surface area contributed by atoms with Crippen LogP contribution in [0.25, 0.3) is 0 Å². The predicted molar refractivity (Wildman–Crippen MR) is 115 cm³/mol. The van der Waals surface area contributed by atoms with Gasteiger partial charge in [-0.15, -0.1) is 0 Å². The highest BCUT2D eigenvalue weighted by atomic mass is 32.2. The maximum atomic E-state index is 13.6. The zero-order valence-corrected chi connectivity index (χ0v) is 17.0. The lowest BCUT2D eigenvalue weighted by Gasteiger charge is -2.22. The molecule has 1 N–H and O–H groups in total. The van der Waals surface area contributed by atoms with Crippen molar-refractivity contribution in [2.45, 2.75) is 6.54 Å². The van der Waals surface area contributed by atoms with Crippen molar-refractivity contribution in [2.75, 3.05) is 10.6 Å². The minimum absolute atomic E-state index is 0.179. The van der Waals surface area contributed by atoms with Crippen LogP contribution in [0.3, 0.4) is 0 Å². The van der Waals surface area contributed by atoms with Crippen molar-refractivity contribution in [3.05, 3.63) is 101 Å². The Kier molecular flexibility index (Phi) is 6.58. The molecule has 30 heavy (non-hydrogen) atoms. The van der Waals surface area contributed by atoms with Crippen LogP contribution < -0.4 is 9.73 Å². The highest BCUT2D eigenvalue weighted by Gasteiger charge is 2.18. The average molecular weight is 425 g/mol. The first-order chi connectivity index (χ1) is 14.3. The molecule has 0 bridgehead atoms. The van der Waals surface area contributed by atoms with Crippen molar-refractivity contribution < 1.29 is 17.6 Å². The molecule has 0 saturated heterocycles. The molecular formula is C22H20FN3O3S. The van der Waals surface area contributed by atoms with Gasteiger partial charge in [-0.25, -0.2) is 18.2 Å². The van der Waals surface area contributed by atoms with Gasteiger partial charge in [0, 0.05) is 11.1 Å². The Morgan fingerprint density at radius 2 is 1.63 bits per heavy atom. The summed E-state index contributed by atoms with van der Waals surface area (Å²) in [6.45, 7) is 0.179. The Bertz CT molecular complexity index is 1150. The van der Waals surface area contributed by atoms with Crippen LogP contribution >= 0.6 is 0 Å². The first-order valence-corrected chi connectivity index (χ1v) is 10.9. The number of carbonyl (C=O) groups is 1. The van der Waals surface area contributed by atoms with Gasteiger partial charge in [0.2, 0.25) is 10.0 Å². The van der Waals surface area contributed by atoms with E-state index >= 15 is 0 Å². The van der Waals surface area contributed by atoms with Gasteiger partial charge in [0.05, 0.1) is 24.7 Å². The van der Waals surface area contributed by atoms with Crippen molar-refractivity contribution in [1.29, 1.82) is 0 Å². The van der Waals surface area contributed by atoms with Crippen LogP contribution in [0.5, 0.6) is 0 Å². The van der Waals surface area contributed by atoms with Gasteiger partial charge in [-0.2, -0.15) is 5.10 Å². The quantitative estimate of drug-likeness (QED) is 0.464. The molecule has 3 aromatic carbocycles. The Balaban J connectivity index is 1.72. The van der Waals surface area contributed by atoms with Crippen LogP contribution in [-0.4, -0.2) is 26.8 Å². The van der Waals surface area contributed by atoms with Gasteiger partial charge >= 0.3 is 0 Å². The van der Waals surface area contributed by atoms with Gasteiger partial charge in [0.15, 0.2) is 0 Å². The van der Waals surface area contributed by atoms with E-state index in [1.54, 1.807) is 24.3 Å². The molecule has 0 aliphatic heterocycles. The molecule has 6 nitrogen and oxygen atoms in total. The number of carbonyl (C=O) groups excluding carboxylic acids is 1. The summed E-state index contributed by atoms with van der Waals surface area (Å²) in [6.07, 6.45) is 2.35. The average Bonchev–Trinajstić information content (AvgIpc) is 2.73. The molecule has 0 aromatic heterocycles. The number of nitrogens with zero attached hydrogens (tertiary/aromatic N) is 2. The highest BCUT2D eigenvalue weighted by molar-refractivity contribution is 7.92. The van der Waals surface area contributed by atoms with Gasteiger partial charge in [0.25, 0.3) is 5.91 Å². The van der Waals surface area contributed by atoms with Crippen molar-refractivity contribution in [3.8, 4) is 0 Å². The van der Waals surface area contributed by atoms with Crippen LogP contribution in [0.1, 0.15) is 21.5 Å². The summed E-state index contributed by atoms with van der Waals surface area (Å²) in [6, 6.07) is 21.4. The maximum absolute atomic E-state index is 13.6. The van der Waals surface area contributed by atoms with Crippen LogP contribution in [0.15, 0.2) is 84.0 Å². The van der Waals surface area contributed by atoms with Crippen molar-refractivity contribution in [3.63, 3.8) is 0 Å². The molecule has 0 aliphatic carbocycles. The van der Waals surface area contributed by atoms with Gasteiger partial charge < -0.3 is 0 Å². The molecule has 3 rings (SSSR count). The third-order valence-corrected chi connectivity index (χ3v) is 5.40. The topological polar surface area (TPSA) is 78.8 Å². The highest BCUT2D eigenvalue weighted by Crippen LogP contribution is 2.21. The summed E-state index contributed by atoms with van der Waals surface area (Å²) >= 11 is 0. The van der Waals surface area contributed by atoms with Gasteiger partial charge in [-0.05, 0) is 35.9 Å². The first kappa shape index (κ1) is 21.2. The zero-order valence-electron chi connectivity index (χ0n) is 16.2. The summed E-state index contributed by atoms with van der Waals surface area (Å²) in [5.74, 6) is -0.942. The van der Waals surface area contributed by atoms with Crippen molar-refractivity contribution >= 4 is 27.8 Å². The number of rotatable bonds is 7. The van der Waals surface area contributed by atoms with E-state index in [0.717, 1.165) is 11.8 Å². The third-order valence-electron chi connectivity index (χ3n) is 4.26. The first-order valence-electron chi connectivity index (χ1n) is 9.04. The van der Waals surface area contributed by atoms with Gasteiger partial charge in [-0.3, -0.25) is 9.10 Å². The second kappa shape index (κ2) is 9.32. The molecule has 8 heteroatoms. The number of nitrogens with one attached hydrogen (secondary N) is 1. The van der Waals surface area contributed by atoms with Crippen LogP contribution in [-0.2, 0) is 16.6 Å². The molecule has 0 saturated carbocycles. The standard InChI is InChI=1S/C22H20FN3O3S/c1-30(28,29)26(16-17-7-3-2-4-8-17)20-13-11-18(12-14-20)22(27)25-24-15-19-9-5-6-10-21(19)23/h2-15H,16H2,1H3,(H,25,27). The number of anilines is 1. The normalized spacial score (nSPS) is 11.4. The largest absolute Gasteiger partial charge is 0.271 e. The number of hydrogen-bond donors (Lipinski definition) is 1. The second-order valence-electron chi connectivity index (χ2n) is 6.52. The van der Waals surface area contributed by atoms with E-state index in [4.69, 9.17) is 0 Å². The number of sulfonamides is 1. The van der Waals surface area contributed by atoms with E-state index in [2.05, 4.69) is 10.5 Å². The molecule has 1 amide bonds. The number of halogens is 1. The van der Waals surface area contributed by atoms with E-state index in [1.165, 1.54) is 34.8 Å². The lowest BCUT2D eigenvalue weighted by Crippen LogP contribution is -2.29. The lowest BCUT2D eigenvalue weighted by atomic mass is 10.2. The Labute approximate surface area is 174 Å². The molecule has 0 aliphatic rings. The van der Waals surface area contributed by atoms with Crippen LogP contribution in [0.4, 0.5) is 10.1 Å².